The second-order valence-corrected chi connectivity index (χ2v) is 8.06. The van der Waals surface area contributed by atoms with Crippen LogP contribution < -0.4 is 22.1 Å². The van der Waals surface area contributed by atoms with E-state index >= 15 is 0 Å². The lowest BCUT2D eigenvalue weighted by Gasteiger charge is -2.43. The zero-order chi connectivity index (χ0) is 18.0. The van der Waals surface area contributed by atoms with Crippen LogP contribution in [-0.4, -0.2) is 24.1 Å². The Bertz CT molecular complexity index is 608. The van der Waals surface area contributed by atoms with Crippen LogP contribution in [0.5, 0.6) is 0 Å². The van der Waals surface area contributed by atoms with Gasteiger partial charge >= 0.3 is 0 Å². The highest BCUT2D eigenvalue weighted by atomic mass is 15.0. The quantitative estimate of drug-likeness (QED) is 0.638. The molecule has 0 aromatic carbocycles. The summed E-state index contributed by atoms with van der Waals surface area (Å²) in [6.45, 7) is 4.60. The van der Waals surface area contributed by atoms with Crippen LogP contribution in [0.1, 0.15) is 51.0 Å². The van der Waals surface area contributed by atoms with Crippen LogP contribution >= 0.6 is 0 Å². The number of allylic oxidation sites excluding steroid dienone is 1. The minimum atomic E-state index is 0.118. The highest BCUT2D eigenvalue weighted by molar-refractivity contribution is 5.50. The summed E-state index contributed by atoms with van der Waals surface area (Å²) in [6.07, 6.45) is 10.4. The van der Waals surface area contributed by atoms with Crippen molar-refractivity contribution in [3.05, 3.63) is 35.9 Å². The number of hydrogen-bond acceptors (Lipinski definition) is 5. The molecule has 25 heavy (non-hydrogen) atoms. The summed E-state index contributed by atoms with van der Waals surface area (Å²) in [5.41, 5.74) is 16.2. The summed E-state index contributed by atoms with van der Waals surface area (Å²) in [6, 6.07) is 2.54. The molecule has 2 saturated carbocycles. The van der Waals surface area contributed by atoms with Gasteiger partial charge in [-0.1, -0.05) is 13.8 Å². The number of anilines is 1. The molecule has 5 nitrogen and oxygen atoms in total. The highest BCUT2D eigenvalue weighted by Gasteiger charge is 2.38. The molecule has 2 aliphatic carbocycles. The van der Waals surface area contributed by atoms with E-state index < -0.39 is 0 Å². The first-order valence-corrected chi connectivity index (χ1v) is 9.60. The summed E-state index contributed by atoms with van der Waals surface area (Å²) < 4.78 is 0. The Morgan fingerprint density at radius 3 is 2.72 bits per heavy atom. The van der Waals surface area contributed by atoms with E-state index in [1.165, 1.54) is 18.4 Å². The third-order valence-corrected chi connectivity index (χ3v) is 5.95. The minimum Gasteiger partial charge on any atom is -0.401 e. The van der Waals surface area contributed by atoms with E-state index in [9.17, 15) is 0 Å². The Morgan fingerprint density at radius 2 is 2.08 bits per heavy atom. The van der Waals surface area contributed by atoms with Crippen LogP contribution in [0.15, 0.2) is 30.4 Å². The van der Waals surface area contributed by atoms with Gasteiger partial charge in [-0.05, 0) is 61.0 Å². The highest BCUT2D eigenvalue weighted by Crippen LogP contribution is 2.41. The fourth-order valence-corrected chi connectivity index (χ4v) is 4.25. The molecule has 4 atom stereocenters. The number of rotatable bonds is 6. The van der Waals surface area contributed by atoms with Crippen molar-refractivity contribution in [3.8, 4) is 0 Å². The van der Waals surface area contributed by atoms with Gasteiger partial charge in [0.05, 0.1) is 11.9 Å². The van der Waals surface area contributed by atoms with Crippen molar-refractivity contribution in [2.45, 2.75) is 57.5 Å². The molecular formula is C20H33N5. The lowest BCUT2D eigenvalue weighted by Crippen LogP contribution is -2.53. The van der Waals surface area contributed by atoms with Gasteiger partial charge in [0.15, 0.2) is 0 Å². The van der Waals surface area contributed by atoms with E-state index in [0.717, 1.165) is 24.2 Å². The van der Waals surface area contributed by atoms with Gasteiger partial charge in [-0.2, -0.15) is 0 Å². The molecule has 1 heterocycles. The molecule has 2 aliphatic rings. The normalized spacial score (nSPS) is 30.4. The van der Waals surface area contributed by atoms with Crippen LogP contribution in [0.3, 0.4) is 0 Å². The Hall–Kier alpha value is -1.75. The molecule has 5 heteroatoms. The summed E-state index contributed by atoms with van der Waals surface area (Å²) in [5.74, 6) is 2.15. The van der Waals surface area contributed by atoms with Crippen LogP contribution in [0.2, 0.25) is 0 Å². The fraction of sp³-hybridized carbons (Fsp3) is 0.650. The predicted molar refractivity (Wildman–Crippen MR) is 104 cm³/mol. The first-order valence-electron chi connectivity index (χ1n) is 9.60. The van der Waals surface area contributed by atoms with Gasteiger partial charge in [-0.15, -0.1) is 0 Å². The molecule has 2 fully saturated rings. The lowest BCUT2D eigenvalue weighted by atomic mass is 9.69. The maximum absolute atomic E-state index is 6.64. The predicted octanol–water partition coefficient (Wildman–Crippen LogP) is 2.77. The molecule has 0 aliphatic heterocycles. The zero-order valence-corrected chi connectivity index (χ0v) is 15.7. The average molecular weight is 344 g/mol. The smallest absolute Gasteiger partial charge is 0.0559 e. The van der Waals surface area contributed by atoms with Crippen molar-refractivity contribution in [1.82, 2.24) is 10.3 Å². The maximum atomic E-state index is 6.64. The number of hydrogen-bond donors (Lipinski definition) is 4. The van der Waals surface area contributed by atoms with Gasteiger partial charge in [0.2, 0.25) is 0 Å². The largest absolute Gasteiger partial charge is 0.401 e. The van der Waals surface area contributed by atoms with Gasteiger partial charge in [0, 0.05) is 37.2 Å². The number of pyridine rings is 1. The number of nitrogens with zero attached hydrogens (tertiary/aromatic N) is 1. The second kappa shape index (κ2) is 7.65. The third-order valence-electron chi connectivity index (χ3n) is 5.95. The Morgan fingerprint density at radius 1 is 1.32 bits per heavy atom. The van der Waals surface area contributed by atoms with E-state index in [4.69, 9.17) is 11.5 Å². The number of nitrogens with two attached hydrogens (primary N) is 2. The molecule has 3 rings (SSSR count). The van der Waals surface area contributed by atoms with Crippen molar-refractivity contribution in [3.63, 3.8) is 0 Å². The van der Waals surface area contributed by atoms with E-state index in [2.05, 4.69) is 35.5 Å². The van der Waals surface area contributed by atoms with E-state index in [1.54, 1.807) is 0 Å². The molecule has 0 spiro atoms. The van der Waals surface area contributed by atoms with Crippen molar-refractivity contribution in [2.24, 2.45) is 29.2 Å². The van der Waals surface area contributed by atoms with Crippen LogP contribution in [0, 0.1) is 17.8 Å². The Labute approximate surface area is 151 Å². The molecule has 138 valence electrons. The fourth-order valence-electron chi connectivity index (χ4n) is 4.25. The molecule has 0 amide bonds. The average Bonchev–Trinajstić information content (AvgIpc) is 3.44. The first kappa shape index (κ1) is 18.1. The molecule has 0 radical (unpaired) electrons. The van der Waals surface area contributed by atoms with Gasteiger partial charge in [-0.25, -0.2) is 0 Å². The summed E-state index contributed by atoms with van der Waals surface area (Å²) in [4.78, 5) is 4.24. The van der Waals surface area contributed by atoms with Gasteiger partial charge in [0.1, 0.15) is 0 Å². The van der Waals surface area contributed by atoms with Crippen molar-refractivity contribution < 1.29 is 0 Å². The summed E-state index contributed by atoms with van der Waals surface area (Å²) >= 11 is 0. The first-order chi connectivity index (χ1) is 12.0. The van der Waals surface area contributed by atoms with E-state index in [-0.39, 0.29) is 12.1 Å². The molecule has 6 N–H and O–H groups in total. The minimum absolute atomic E-state index is 0.118. The summed E-state index contributed by atoms with van der Waals surface area (Å²) in [5, 5.41) is 6.86. The van der Waals surface area contributed by atoms with Gasteiger partial charge < -0.3 is 22.1 Å². The summed E-state index contributed by atoms with van der Waals surface area (Å²) in [7, 11) is 1.96. The van der Waals surface area contributed by atoms with Crippen LogP contribution in [0.4, 0.5) is 5.69 Å². The third kappa shape index (κ3) is 4.09. The molecule has 0 saturated heterocycles. The molecule has 0 bridgehead atoms. The van der Waals surface area contributed by atoms with Gasteiger partial charge in [-0.3, -0.25) is 4.98 Å². The number of nitrogens with one attached hydrogen (secondary N) is 2. The van der Waals surface area contributed by atoms with Crippen molar-refractivity contribution in [2.75, 3.05) is 12.4 Å². The zero-order valence-electron chi connectivity index (χ0n) is 15.7. The standard InChI is InChI=1S/C20H33N5/c1-12(2)16-8-14(15-6-7-24-11-19(15)23-3)9-17(21)20(16)25-10-18(22)13-4-5-13/h6-7,10-14,16-17,20,23,25H,4-5,8-9,21-22H2,1-3H3/b18-10-. The van der Waals surface area contributed by atoms with E-state index in [1.807, 2.05) is 25.6 Å². The Balaban J connectivity index is 1.76. The van der Waals surface area contributed by atoms with Crippen molar-refractivity contribution in [1.29, 1.82) is 0 Å². The monoisotopic (exact) mass is 343 g/mol. The second-order valence-electron chi connectivity index (χ2n) is 8.06. The van der Waals surface area contributed by atoms with E-state index in [0.29, 0.717) is 23.7 Å². The van der Waals surface area contributed by atoms with Crippen LogP contribution in [0.25, 0.3) is 0 Å². The van der Waals surface area contributed by atoms with Crippen LogP contribution in [-0.2, 0) is 0 Å². The number of aromatic nitrogens is 1. The lowest BCUT2D eigenvalue weighted by molar-refractivity contribution is 0.177. The molecule has 1 aromatic rings. The molecular weight excluding hydrogens is 310 g/mol. The van der Waals surface area contributed by atoms with Crippen molar-refractivity contribution >= 4 is 5.69 Å². The molecule has 4 unspecified atom stereocenters. The maximum Gasteiger partial charge on any atom is 0.0559 e. The topological polar surface area (TPSA) is 89.0 Å². The molecule has 1 aromatic heterocycles. The SMILES string of the molecule is CNc1cnccc1C1CC(N)C(N/C=C(\N)C2CC2)C(C(C)C)C1. The Kier molecular flexibility index (Phi) is 5.52. The van der Waals surface area contributed by atoms with Gasteiger partial charge in [0.25, 0.3) is 0 Å².